The van der Waals surface area contributed by atoms with Crippen LogP contribution in [0, 0.1) is 0 Å². The molecular weight excluding hydrogens is 707 g/mol. The first kappa shape index (κ1) is 32.8. The number of furan rings is 1. The van der Waals surface area contributed by atoms with E-state index in [1.165, 1.54) is 54.6 Å². The number of hydrogen-bond donors (Lipinski definition) is 0. The first-order valence-corrected chi connectivity index (χ1v) is 19.9. The number of rotatable bonds is 4. The summed E-state index contributed by atoms with van der Waals surface area (Å²) in [6.45, 7) is 4.61. The number of fused-ring (bicyclic) bond motifs is 12. The fourth-order valence-electron chi connectivity index (χ4n) is 9.49. The molecule has 0 unspecified atom stereocenters. The predicted octanol–water partition coefficient (Wildman–Crippen LogP) is 14.2. The van der Waals surface area contributed by atoms with E-state index in [0.717, 1.165) is 49.8 Å². The largest absolute Gasteiger partial charge is 0.456 e. The molecule has 12 rings (SSSR count). The fourth-order valence-corrected chi connectivity index (χ4v) is 9.49. The van der Waals surface area contributed by atoms with E-state index < -0.39 is 0 Å². The second-order valence-corrected chi connectivity index (χ2v) is 15.9. The minimum Gasteiger partial charge on any atom is -0.456 e. The van der Waals surface area contributed by atoms with E-state index in [0.29, 0.717) is 17.5 Å². The molecule has 0 fully saturated rings. The first-order chi connectivity index (χ1) is 28.5. The smallest absolute Gasteiger partial charge is 0.164 e. The highest BCUT2D eigenvalue weighted by molar-refractivity contribution is 6.25. The molecule has 0 bridgehead atoms. The molecule has 1 aliphatic carbocycles. The quantitative estimate of drug-likeness (QED) is 0.169. The molecule has 4 heteroatoms. The molecule has 0 amide bonds. The van der Waals surface area contributed by atoms with Crippen LogP contribution in [0.4, 0.5) is 0 Å². The van der Waals surface area contributed by atoms with E-state index >= 15 is 0 Å². The van der Waals surface area contributed by atoms with Crippen molar-refractivity contribution < 1.29 is 4.42 Å². The summed E-state index contributed by atoms with van der Waals surface area (Å²) in [5.74, 6) is 1.84. The molecule has 2 aromatic heterocycles. The van der Waals surface area contributed by atoms with Crippen LogP contribution in [0.15, 0.2) is 180 Å². The van der Waals surface area contributed by atoms with Crippen LogP contribution in [0.25, 0.3) is 111 Å². The molecule has 0 saturated heterocycles. The van der Waals surface area contributed by atoms with Gasteiger partial charge in [0.25, 0.3) is 0 Å². The lowest BCUT2D eigenvalue weighted by atomic mass is 9.82. The number of hydrogen-bond acceptors (Lipinski definition) is 4. The second kappa shape index (κ2) is 12.3. The molecule has 1 aliphatic rings. The van der Waals surface area contributed by atoms with E-state index in [1.807, 2.05) is 12.1 Å². The van der Waals surface area contributed by atoms with Crippen molar-refractivity contribution in [1.29, 1.82) is 0 Å². The zero-order valence-electron chi connectivity index (χ0n) is 32.0. The highest BCUT2D eigenvalue weighted by Crippen LogP contribution is 2.49. The van der Waals surface area contributed by atoms with Crippen LogP contribution in [-0.4, -0.2) is 15.0 Å². The molecule has 0 aliphatic heterocycles. The van der Waals surface area contributed by atoms with Crippen LogP contribution in [0.3, 0.4) is 0 Å². The maximum atomic E-state index is 6.56. The zero-order valence-corrected chi connectivity index (χ0v) is 32.0. The highest BCUT2D eigenvalue weighted by Gasteiger charge is 2.35. The van der Waals surface area contributed by atoms with Gasteiger partial charge >= 0.3 is 0 Å². The lowest BCUT2D eigenvalue weighted by molar-refractivity contribution is 0.660. The van der Waals surface area contributed by atoms with Crippen molar-refractivity contribution in [2.24, 2.45) is 0 Å². The molecule has 58 heavy (non-hydrogen) atoms. The SMILES string of the molecule is CC1(C)c2ccccc2-c2cc(-c3nc(-c4ccc5c(c4)oc4cccc(-c6ccccc6)c45)nc(-c4ccc5c6ccccc6c6ccccc6c5c4)n3)ccc21. The third-order valence-electron chi connectivity index (χ3n) is 12.3. The van der Waals surface area contributed by atoms with Crippen LogP contribution in [0.2, 0.25) is 0 Å². The Labute approximate surface area is 335 Å². The summed E-state index contributed by atoms with van der Waals surface area (Å²) >= 11 is 0. The monoisotopic (exact) mass is 741 g/mol. The van der Waals surface area contributed by atoms with Gasteiger partial charge in [-0.2, -0.15) is 0 Å². The summed E-state index contributed by atoms with van der Waals surface area (Å²) in [5, 5.41) is 9.46. The summed E-state index contributed by atoms with van der Waals surface area (Å²) < 4.78 is 6.56. The van der Waals surface area contributed by atoms with Crippen molar-refractivity contribution >= 4 is 54.3 Å². The summed E-state index contributed by atoms with van der Waals surface area (Å²) in [6.07, 6.45) is 0. The van der Waals surface area contributed by atoms with Gasteiger partial charge in [-0.05, 0) is 96.0 Å². The van der Waals surface area contributed by atoms with Gasteiger partial charge in [0.15, 0.2) is 17.5 Å². The van der Waals surface area contributed by atoms with Crippen molar-refractivity contribution in [2.45, 2.75) is 19.3 Å². The van der Waals surface area contributed by atoms with Crippen molar-refractivity contribution in [3.8, 4) is 56.4 Å². The number of nitrogens with zero attached hydrogens (tertiary/aromatic N) is 3. The molecule has 9 aromatic carbocycles. The summed E-state index contributed by atoms with van der Waals surface area (Å²) in [5.41, 5.74) is 11.7. The maximum absolute atomic E-state index is 6.56. The normalized spacial score (nSPS) is 13.1. The van der Waals surface area contributed by atoms with Gasteiger partial charge < -0.3 is 4.42 Å². The van der Waals surface area contributed by atoms with Gasteiger partial charge in [-0.15, -0.1) is 0 Å². The molecule has 272 valence electrons. The van der Waals surface area contributed by atoms with Crippen LogP contribution in [0.5, 0.6) is 0 Å². The molecule has 0 N–H and O–H groups in total. The number of benzene rings is 9. The van der Waals surface area contributed by atoms with Crippen molar-refractivity contribution in [1.82, 2.24) is 15.0 Å². The topological polar surface area (TPSA) is 51.8 Å². The number of aromatic nitrogens is 3. The second-order valence-electron chi connectivity index (χ2n) is 15.9. The van der Waals surface area contributed by atoms with Gasteiger partial charge in [0.1, 0.15) is 11.2 Å². The minimum absolute atomic E-state index is 0.0969. The third-order valence-corrected chi connectivity index (χ3v) is 12.3. The predicted molar refractivity (Wildman–Crippen MR) is 239 cm³/mol. The van der Waals surface area contributed by atoms with Crippen molar-refractivity contribution in [3.05, 3.63) is 187 Å². The van der Waals surface area contributed by atoms with Crippen LogP contribution < -0.4 is 0 Å². The Hall–Kier alpha value is -7.43. The lowest BCUT2D eigenvalue weighted by Gasteiger charge is -2.21. The molecule has 2 heterocycles. The molecule has 11 aromatic rings. The van der Waals surface area contributed by atoms with E-state index in [2.05, 4.69) is 178 Å². The minimum atomic E-state index is -0.0969. The van der Waals surface area contributed by atoms with Crippen LogP contribution >= 0.6 is 0 Å². The molecule has 0 saturated carbocycles. The van der Waals surface area contributed by atoms with Gasteiger partial charge in [0.2, 0.25) is 0 Å². The summed E-state index contributed by atoms with van der Waals surface area (Å²) in [4.78, 5) is 15.7. The van der Waals surface area contributed by atoms with Gasteiger partial charge in [0.05, 0.1) is 0 Å². The Morgan fingerprint density at radius 2 is 0.862 bits per heavy atom. The molecule has 0 spiro atoms. The Morgan fingerprint density at radius 3 is 1.57 bits per heavy atom. The fraction of sp³-hybridized carbons (Fsp3) is 0.0556. The van der Waals surface area contributed by atoms with E-state index in [-0.39, 0.29) is 5.41 Å². The van der Waals surface area contributed by atoms with E-state index in [1.54, 1.807) is 0 Å². The van der Waals surface area contributed by atoms with Crippen LogP contribution in [0.1, 0.15) is 25.0 Å². The van der Waals surface area contributed by atoms with Gasteiger partial charge in [-0.1, -0.05) is 159 Å². The Kier molecular flexibility index (Phi) is 6.94. The Balaban J connectivity index is 1.07. The van der Waals surface area contributed by atoms with Crippen molar-refractivity contribution in [3.63, 3.8) is 0 Å². The van der Waals surface area contributed by atoms with E-state index in [9.17, 15) is 0 Å². The van der Waals surface area contributed by atoms with Gasteiger partial charge in [0, 0.05) is 32.9 Å². The Bertz CT molecular complexity index is 3450. The molecular formula is C54H35N3O. The Morgan fingerprint density at radius 1 is 0.345 bits per heavy atom. The molecule has 4 nitrogen and oxygen atoms in total. The average molecular weight is 742 g/mol. The first-order valence-electron chi connectivity index (χ1n) is 19.9. The standard InChI is InChI=1S/C54H35N3O/c1-54(2)46-21-11-10-19-42(46)45-30-34(25-28-47(45)54)52-55-51(33-23-26-41-39-17-7-6-15-37(39)38-16-8-9-18-40(38)44(41)29-33)56-53(57-52)35-24-27-43-49(31-35)58-48-22-12-20-36(50(43)48)32-13-4-3-5-14-32/h3-31H,1-2H3. The lowest BCUT2D eigenvalue weighted by Crippen LogP contribution is -2.14. The zero-order chi connectivity index (χ0) is 38.5. The molecule has 0 radical (unpaired) electrons. The summed E-state index contributed by atoms with van der Waals surface area (Å²) in [7, 11) is 0. The third kappa shape index (κ3) is 4.85. The van der Waals surface area contributed by atoms with Crippen LogP contribution in [-0.2, 0) is 5.41 Å². The van der Waals surface area contributed by atoms with Gasteiger partial charge in [-0.3, -0.25) is 0 Å². The highest BCUT2D eigenvalue weighted by atomic mass is 16.3. The van der Waals surface area contributed by atoms with Gasteiger partial charge in [-0.25, -0.2) is 15.0 Å². The van der Waals surface area contributed by atoms with E-state index in [4.69, 9.17) is 19.4 Å². The van der Waals surface area contributed by atoms with Crippen molar-refractivity contribution in [2.75, 3.05) is 0 Å². The maximum Gasteiger partial charge on any atom is 0.164 e. The molecule has 0 atom stereocenters. The summed E-state index contributed by atoms with van der Waals surface area (Å²) in [6, 6.07) is 62.5. The average Bonchev–Trinajstić information content (AvgIpc) is 3.77.